The van der Waals surface area contributed by atoms with Crippen molar-refractivity contribution < 1.29 is 13.2 Å². The first-order valence-electron chi connectivity index (χ1n) is 6.95. The SMILES string of the molecule is Nc1nsc(N2CC3CCC(C2)O3)c1S(=O)(=O)C1CC1. The van der Waals surface area contributed by atoms with Crippen LogP contribution in [0.25, 0.3) is 0 Å². The van der Waals surface area contributed by atoms with E-state index in [2.05, 4.69) is 9.27 Å². The summed E-state index contributed by atoms with van der Waals surface area (Å²) in [6.07, 6.45) is 4.03. The van der Waals surface area contributed by atoms with Gasteiger partial charge in [-0.05, 0) is 37.2 Å². The maximum Gasteiger partial charge on any atom is 0.187 e. The lowest BCUT2D eigenvalue weighted by Gasteiger charge is -2.33. The van der Waals surface area contributed by atoms with E-state index in [1.165, 1.54) is 11.5 Å². The minimum atomic E-state index is -3.31. The van der Waals surface area contributed by atoms with E-state index in [4.69, 9.17) is 10.5 Å². The molecular weight excluding hydrogens is 298 g/mol. The van der Waals surface area contributed by atoms with E-state index in [-0.39, 0.29) is 28.2 Å². The van der Waals surface area contributed by atoms with E-state index >= 15 is 0 Å². The summed E-state index contributed by atoms with van der Waals surface area (Å²) in [5.41, 5.74) is 5.85. The maximum absolute atomic E-state index is 12.5. The molecule has 1 aromatic heterocycles. The predicted molar refractivity (Wildman–Crippen MR) is 76.8 cm³/mol. The summed E-state index contributed by atoms with van der Waals surface area (Å²) in [7, 11) is -3.31. The van der Waals surface area contributed by atoms with Crippen molar-refractivity contribution in [1.29, 1.82) is 0 Å². The van der Waals surface area contributed by atoms with Gasteiger partial charge in [-0.2, -0.15) is 4.37 Å². The highest BCUT2D eigenvalue weighted by molar-refractivity contribution is 7.92. The summed E-state index contributed by atoms with van der Waals surface area (Å²) in [5.74, 6) is 0.163. The van der Waals surface area contributed by atoms with E-state index in [9.17, 15) is 8.42 Å². The molecule has 0 spiro atoms. The van der Waals surface area contributed by atoms with Crippen molar-refractivity contribution in [3.63, 3.8) is 0 Å². The number of morpholine rings is 1. The van der Waals surface area contributed by atoms with Gasteiger partial charge in [-0.3, -0.25) is 0 Å². The predicted octanol–water partition coefficient (Wildman–Crippen LogP) is 1.03. The molecule has 0 amide bonds. The van der Waals surface area contributed by atoms with Crippen LogP contribution in [-0.2, 0) is 14.6 Å². The molecule has 2 N–H and O–H groups in total. The summed E-state index contributed by atoms with van der Waals surface area (Å²) in [6, 6.07) is 0. The Morgan fingerprint density at radius 2 is 1.85 bits per heavy atom. The summed E-state index contributed by atoms with van der Waals surface area (Å²) >= 11 is 1.20. The highest BCUT2D eigenvalue weighted by Gasteiger charge is 2.43. The van der Waals surface area contributed by atoms with Gasteiger partial charge in [0, 0.05) is 13.1 Å². The average Bonchev–Trinajstić information content (AvgIpc) is 3.13. The monoisotopic (exact) mass is 315 g/mol. The number of hydrogen-bond donors (Lipinski definition) is 1. The Kier molecular flexibility index (Phi) is 2.77. The fourth-order valence-electron chi connectivity index (χ4n) is 3.08. The number of anilines is 2. The second-order valence-electron chi connectivity index (χ2n) is 5.81. The molecule has 2 atom stereocenters. The zero-order valence-electron chi connectivity index (χ0n) is 11.0. The van der Waals surface area contributed by atoms with Crippen molar-refractivity contribution in [3.05, 3.63) is 0 Å². The smallest absolute Gasteiger partial charge is 0.187 e. The Morgan fingerprint density at radius 3 is 2.45 bits per heavy atom. The number of aromatic nitrogens is 1. The Labute approximate surface area is 122 Å². The largest absolute Gasteiger partial charge is 0.382 e. The van der Waals surface area contributed by atoms with Gasteiger partial charge < -0.3 is 15.4 Å². The van der Waals surface area contributed by atoms with Gasteiger partial charge in [-0.1, -0.05) is 0 Å². The van der Waals surface area contributed by atoms with Crippen LogP contribution in [0.2, 0.25) is 0 Å². The Hall–Kier alpha value is -0.860. The minimum absolute atomic E-state index is 0.163. The molecule has 20 heavy (non-hydrogen) atoms. The first kappa shape index (κ1) is 12.8. The lowest BCUT2D eigenvalue weighted by atomic mass is 10.2. The molecule has 110 valence electrons. The molecule has 2 unspecified atom stereocenters. The van der Waals surface area contributed by atoms with Gasteiger partial charge in [-0.25, -0.2) is 8.42 Å². The zero-order valence-corrected chi connectivity index (χ0v) is 12.6. The molecule has 2 saturated heterocycles. The van der Waals surface area contributed by atoms with Crippen molar-refractivity contribution in [2.75, 3.05) is 23.7 Å². The molecule has 1 saturated carbocycles. The maximum atomic E-state index is 12.5. The van der Waals surface area contributed by atoms with Crippen LogP contribution in [0.15, 0.2) is 4.90 Å². The van der Waals surface area contributed by atoms with Gasteiger partial charge >= 0.3 is 0 Å². The second kappa shape index (κ2) is 4.32. The lowest BCUT2D eigenvalue weighted by Crippen LogP contribution is -2.42. The molecule has 1 aliphatic carbocycles. The minimum Gasteiger partial charge on any atom is -0.382 e. The van der Waals surface area contributed by atoms with Crippen LogP contribution in [0.4, 0.5) is 10.8 Å². The number of nitrogens with zero attached hydrogens (tertiary/aromatic N) is 2. The van der Waals surface area contributed by atoms with Crippen LogP contribution in [0.5, 0.6) is 0 Å². The second-order valence-corrected chi connectivity index (χ2v) is 8.73. The van der Waals surface area contributed by atoms with Gasteiger partial charge in [0.15, 0.2) is 15.7 Å². The van der Waals surface area contributed by atoms with Gasteiger partial charge in [-0.15, -0.1) is 0 Å². The third kappa shape index (κ3) is 1.93. The molecule has 2 bridgehead atoms. The number of nitrogen functional groups attached to an aromatic ring is 1. The third-order valence-electron chi connectivity index (χ3n) is 4.24. The van der Waals surface area contributed by atoms with Gasteiger partial charge in [0.25, 0.3) is 0 Å². The van der Waals surface area contributed by atoms with E-state index < -0.39 is 9.84 Å². The van der Waals surface area contributed by atoms with E-state index in [1.807, 2.05) is 0 Å². The van der Waals surface area contributed by atoms with Crippen molar-refractivity contribution >= 4 is 32.2 Å². The standard InChI is InChI=1S/C12H17N3O3S2/c13-11-10(20(16,17)9-3-4-9)12(19-14-11)15-5-7-1-2-8(6-15)18-7/h7-9H,1-6H2,(H2,13,14). The lowest BCUT2D eigenvalue weighted by molar-refractivity contribution is 0.0306. The molecule has 1 aromatic rings. The van der Waals surface area contributed by atoms with Crippen LogP contribution in [-0.4, -0.2) is 43.3 Å². The van der Waals surface area contributed by atoms with Gasteiger partial charge in [0.2, 0.25) is 0 Å². The first-order valence-corrected chi connectivity index (χ1v) is 9.27. The molecular formula is C12H17N3O3S2. The summed E-state index contributed by atoms with van der Waals surface area (Å²) < 4.78 is 35.0. The van der Waals surface area contributed by atoms with Crippen molar-refractivity contribution in [1.82, 2.24) is 4.37 Å². The third-order valence-corrected chi connectivity index (χ3v) is 7.61. The summed E-state index contributed by atoms with van der Waals surface area (Å²) in [4.78, 5) is 2.38. The fraction of sp³-hybridized carbons (Fsp3) is 0.750. The molecule has 0 aromatic carbocycles. The number of sulfone groups is 1. The van der Waals surface area contributed by atoms with Crippen molar-refractivity contribution in [3.8, 4) is 0 Å². The van der Waals surface area contributed by atoms with E-state index in [0.717, 1.165) is 43.8 Å². The van der Waals surface area contributed by atoms with E-state index in [0.29, 0.717) is 0 Å². The topological polar surface area (TPSA) is 85.5 Å². The Balaban J connectivity index is 1.72. The van der Waals surface area contributed by atoms with Crippen LogP contribution in [0.1, 0.15) is 25.7 Å². The quantitative estimate of drug-likeness (QED) is 0.896. The number of ether oxygens (including phenoxy) is 1. The normalized spacial score (nSPS) is 29.9. The van der Waals surface area contributed by atoms with Crippen molar-refractivity contribution in [2.24, 2.45) is 0 Å². The van der Waals surface area contributed by atoms with Crippen LogP contribution < -0.4 is 10.6 Å². The highest BCUT2D eigenvalue weighted by atomic mass is 32.2. The van der Waals surface area contributed by atoms with E-state index in [1.54, 1.807) is 0 Å². The highest BCUT2D eigenvalue weighted by Crippen LogP contribution is 2.43. The Morgan fingerprint density at radius 1 is 1.20 bits per heavy atom. The molecule has 0 radical (unpaired) electrons. The molecule has 2 aliphatic heterocycles. The molecule has 6 nitrogen and oxygen atoms in total. The summed E-state index contributed by atoms with van der Waals surface area (Å²) in [6.45, 7) is 1.48. The van der Waals surface area contributed by atoms with Gasteiger partial charge in [0.1, 0.15) is 9.90 Å². The molecule has 3 heterocycles. The zero-order chi connectivity index (χ0) is 13.9. The molecule has 3 fully saturated rings. The number of hydrogen-bond acceptors (Lipinski definition) is 7. The summed E-state index contributed by atoms with van der Waals surface area (Å²) in [5, 5.41) is 0.465. The average molecular weight is 315 g/mol. The van der Waals surface area contributed by atoms with Gasteiger partial charge in [0.05, 0.1) is 17.5 Å². The number of nitrogens with two attached hydrogens (primary N) is 1. The molecule has 8 heteroatoms. The first-order chi connectivity index (χ1) is 9.55. The Bertz CT molecular complexity index is 626. The fourth-order valence-corrected chi connectivity index (χ4v) is 6.13. The number of rotatable bonds is 3. The van der Waals surface area contributed by atoms with Crippen LogP contribution in [0, 0.1) is 0 Å². The van der Waals surface area contributed by atoms with Crippen LogP contribution in [0.3, 0.4) is 0 Å². The van der Waals surface area contributed by atoms with Crippen LogP contribution >= 0.6 is 11.5 Å². The molecule has 3 aliphatic rings. The molecule has 4 rings (SSSR count). The van der Waals surface area contributed by atoms with Crippen molar-refractivity contribution in [2.45, 2.75) is 48.0 Å². The number of fused-ring (bicyclic) bond motifs is 2.